The first-order valence-electron chi connectivity index (χ1n) is 5.57. The second kappa shape index (κ2) is 6.15. The van der Waals surface area contributed by atoms with E-state index in [0.717, 1.165) is 6.42 Å². The molecule has 94 valence electrons. The van der Waals surface area contributed by atoms with Crippen molar-refractivity contribution >= 4 is 11.5 Å². The van der Waals surface area contributed by atoms with Gasteiger partial charge in [0.15, 0.2) is 0 Å². The summed E-state index contributed by atoms with van der Waals surface area (Å²) < 4.78 is 0. The third-order valence-electron chi connectivity index (χ3n) is 2.44. The Morgan fingerprint density at radius 2 is 2.24 bits per heavy atom. The van der Waals surface area contributed by atoms with Crippen LogP contribution < -0.4 is 4.90 Å². The van der Waals surface area contributed by atoms with E-state index < -0.39 is 4.92 Å². The van der Waals surface area contributed by atoms with Crippen LogP contribution in [-0.4, -0.2) is 34.7 Å². The second-order valence-electron chi connectivity index (χ2n) is 3.80. The van der Waals surface area contributed by atoms with Gasteiger partial charge in [0.25, 0.3) is 5.69 Å². The normalized spacial score (nSPS) is 10.3. The van der Waals surface area contributed by atoms with Crippen molar-refractivity contribution in [1.82, 2.24) is 4.98 Å². The van der Waals surface area contributed by atoms with Crippen LogP contribution in [0.3, 0.4) is 0 Å². The number of hydrogen-bond acceptors (Lipinski definition) is 5. The van der Waals surface area contributed by atoms with E-state index in [1.54, 1.807) is 6.92 Å². The summed E-state index contributed by atoms with van der Waals surface area (Å²) in [6, 6.07) is 1.46. The zero-order chi connectivity index (χ0) is 12.8. The Morgan fingerprint density at radius 1 is 1.53 bits per heavy atom. The van der Waals surface area contributed by atoms with Crippen molar-refractivity contribution < 1.29 is 10.0 Å². The maximum atomic E-state index is 10.8. The number of pyridine rings is 1. The molecule has 6 nitrogen and oxygen atoms in total. The smallest absolute Gasteiger partial charge is 0.277 e. The maximum absolute atomic E-state index is 10.8. The Labute approximate surface area is 100 Å². The number of rotatable bonds is 6. The average Bonchev–Trinajstić information content (AvgIpc) is 2.29. The average molecular weight is 239 g/mol. The van der Waals surface area contributed by atoms with Crippen LogP contribution in [0.2, 0.25) is 0 Å². The summed E-state index contributed by atoms with van der Waals surface area (Å²) in [7, 11) is 0. The molecule has 0 saturated heterocycles. The van der Waals surface area contributed by atoms with E-state index >= 15 is 0 Å². The summed E-state index contributed by atoms with van der Waals surface area (Å²) in [4.78, 5) is 16.4. The summed E-state index contributed by atoms with van der Waals surface area (Å²) in [5.41, 5.74) is 0.605. The molecule has 0 unspecified atom stereocenters. The van der Waals surface area contributed by atoms with Crippen LogP contribution in [0.4, 0.5) is 11.5 Å². The van der Waals surface area contributed by atoms with Crippen molar-refractivity contribution in [3.05, 3.63) is 27.9 Å². The highest BCUT2D eigenvalue weighted by Crippen LogP contribution is 2.22. The molecule has 0 aliphatic rings. The van der Waals surface area contributed by atoms with Crippen LogP contribution in [0, 0.1) is 17.0 Å². The number of aryl methyl sites for hydroxylation is 1. The quantitative estimate of drug-likeness (QED) is 0.601. The Bertz CT molecular complexity index is 390. The number of nitrogens with zero attached hydrogens (tertiary/aromatic N) is 3. The van der Waals surface area contributed by atoms with Gasteiger partial charge in [-0.25, -0.2) is 4.98 Å². The van der Waals surface area contributed by atoms with Gasteiger partial charge >= 0.3 is 0 Å². The molecule has 1 aromatic rings. The molecule has 0 atom stereocenters. The van der Waals surface area contributed by atoms with Crippen molar-refractivity contribution in [2.75, 3.05) is 24.6 Å². The standard InChI is InChI=1S/C11H17N3O3/c1-3-4-13(5-6-15)11-7-10(14(16)17)9(2)8-12-11/h7-8,15H,3-6H2,1-2H3. The molecule has 1 heterocycles. The van der Waals surface area contributed by atoms with Gasteiger partial charge in [0.2, 0.25) is 0 Å². The van der Waals surface area contributed by atoms with Gasteiger partial charge in [-0.2, -0.15) is 0 Å². The van der Waals surface area contributed by atoms with Crippen LogP contribution >= 0.6 is 0 Å². The van der Waals surface area contributed by atoms with Crippen LogP contribution in [0.5, 0.6) is 0 Å². The number of aliphatic hydroxyl groups excluding tert-OH is 1. The highest BCUT2D eigenvalue weighted by Gasteiger charge is 2.15. The van der Waals surface area contributed by atoms with E-state index in [9.17, 15) is 10.1 Å². The van der Waals surface area contributed by atoms with Crippen molar-refractivity contribution in [3.8, 4) is 0 Å². The first kappa shape index (κ1) is 13.4. The lowest BCUT2D eigenvalue weighted by atomic mass is 10.2. The minimum atomic E-state index is -0.413. The highest BCUT2D eigenvalue weighted by molar-refractivity contribution is 5.50. The van der Waals surface area contributed by atoms with Crippen molar-refractivity contribution in [1.29, 1.82) is 0 Å². The fraction of sp³-hybridized carbons (Fsp3) is 0.545. The Hall–Kier alpha value is -1.69. The van der Waals surface area contributed by atoms with E-state index in [1.165, 1.54) is 12.3 Å². The molecular formula is C11H17N3O3. The fourth-order valence-corrected chi connectivity index (χ4v) is 1.60. The fourth-order valence-electron chi connectivity index (χ4n) is 1.60. The van der Waals surface area contributed by atoms with Gasteiger partial charge < -0.3 is 10.0 Å². The Kier molecular flexibility index (Phi) is 4.84. The molecule has 0 bridgehead atoms. The van der Waals surface area contributed by atoms with Gasteiger partial charge in [-0.15, -0.1) is 0 Å². The molecule has 0 aliphatic heterocycles. The third-order valence-corrected chi connectivity index (χ3v) is 2.44. The maximum Gasteiger partial charge on any atom is 0.277 e. The van der Waals surface area contributed by atoms with E-state index in [-0.39, 0.29) is 12.3 Å². The molecule has 1 N–H and O–H groups in total. The van der Waals surface area contributed by atoms with Crippen molar-refractivity contribution in [2.24, 2.45) is 0 Å². The SMILES string of the molecule is CCCN(CCO)c1cc([N+](=O)[O-])c(C)cn1. The van der Waals surface area contributed by atoms with Crippen molar-refractivity contribution in [3.63, 3.8) is 0 Å². The molecule has 0 saturated carbocycles. The summed E-state index contributed by atoms with van der Waals surface area (Å²) in [5, 5.41) is 19.8. The third kappa shape index (κ3) is 3.39. The first-order chi connectivity index (χ1) is 8.10. The predicted molar refractivity (Wildman–Crippen MR) is 65.2 cm³/mol. The van der Waals surface area contributed by atoms with Gasteiger partial charge in [0.1, 0.15) is 5.82 Å². The van der Waals surface area contributed by atoms with Crippen LogP contribution in [0.25, 0.3) is 0 Å². The van der Waals surface area contributed by atoms with Crippen LogP contribution in [0.15, 0.2) is 12.3 Å². The molecule has 0 spiro atoms. The van der Waals surface area contributed by atoms with Gasteiger partial charge in [0.05, 0.1) is 17.6 Å². The number of anilines is 1. The predicted octanol–water partition coefficient (Wildman–Crippen LogP) is 1.51. The zero-order valence-corrected chi connectivity index (χ0v) is 10.1. The van der Waals surface area contributed by atoms with E-state index in [0.29, 0.717) is 24.5 Å². The summed E-state index contributed by atoms with van der Waals surface area (Å²) in [5.74, 6) is 0.540. The minimum absolute atomic E-state index is 0.00333. The molecule has 0 fully saturated rings. The van der Waals surface area contributed by atoms with E-state index in [2.05, 4.69) is 4.98 Å². The minimum Gasteiger partial charge on any atom is -0.395 e. The van der Waals surface area contributed by atoms with Crippen LogP contribution in [-0.2, 0) is 0 Å². The topological polar surface area (TPSA) is 79.5 Å². The Morgan fingerprint density at radius 3 is 2.76 bits per heavy atom. The van der Waals surface area contributed by atoms with Gasteiger partial charge in [-0.3, -0.25) is 10.1 Å². The van der Waals surface area contributed by atoms with Crippen LogP contribution in [0.1, 0.15) is 18.9 Å². The highest BCUT2D eigenvalue weighted by atomic mass is 16.6. The molecule has 0 radical (unpaired) electrons. The molecule has 0 aliphatic carbocycles. The molecule has 17 heavy (non-hydrogen) atoms. The number of nitro groups is 1. The summed E-state index contributed by atoms with van der Waals surface area (Å²) in [6.07, 6.45) is 2.39. The number of aliphatic hydroxyl groups is 1. The molecule has 0 amide bonds. The lowest BCUT2D eigenvalue weighted by Crippen LogP contribution is -2.28. The first-order valence-corrected chi connectivity index (χ1v) is 5.57. The molecular weight excluding hydrogens is 222 g/mol. The van der Waals surface area contributed by atoms with E-state index in [4.69, 9.17) is 5.11 Å². The van der Waals surface area contributed by atoms with Gasteiger partial charge in [0, 0.05) is 24.8 Å². The monoisotopic (exact) mass is 239 g/mol. The lowest BCUT2D eigenvalue weighted by Gasteiger charge is -2.21. The number of aromatic nitrogens is 1. The molecule has 1 aromatic heterocycles. The number of hydrogen-bond donors (Lipinski definition) is 1. The second-order valence-corrected chi connectivity index (χ2v) is 3.80. The summed E-state index contributed by atoms with van der Waals surface area (Å²) >= 11 is 0. The van der Waals surface area contributed by atoms with Gasteiger partial charge in [-0.05, 0) is 13.3 Å². The summed E-state index contributed by atoms with van der Waals surface area (Å²) in [6.45, 7) is 4.82. The molecule has 6 heteroatoms. The van der Waals surface area contributed by atoms with E-state index in [1.807, 2.05) is 11.8 Å². The lowest BCUT2D eigenvalue weighted by molar-refractivity contribution is -0.385. The molecule has 1 rings (SSSR count). The van der Waals surface area contributed by atoms with Crippen molar-refractivity contribution in [2.45, 2.75) is 20.3 Å². The van der Waals surface area contributed by atoms with Gasteiger partial charge in [-0.1, -0.05) is 6.92 Å². The largest absolute Gasteiger partial charge is 0.395 e. The zero-order valence-electron chi connectivity index (χ0n) is 10.1. The molecule has 0 aromatic carbocycles. The Balaban J connectivity index is 3.03.